The summed E-state index contributed by atoms with van der Waals surface area (Å²) in [6.45, 7) is 6.41. The van der Waals surface area contributed by atoms with E-state index >= 15 is 0 Å². The Morgan fingerprint density at radius 2 is 2.14 bits per heavy atom. The fourth-order valence-electron chi connectivity index (χ4n) is 2.78. The van der Waals surface area contributed by atoms with E-state index in [4.69, 9.17) is 9.47 Å². The predicted octanol–water partition coefficient (Wildman–Crippen LogP) is 0.0698. The second-order valence-electron chi connectivity index (χ2n) is 5.42. The van der Waals surface area contributed by atoms with E-state index in [-0.39, 0.29) is 5.91 Å². The van der Waals surface area contributed by atoms with Crippen LogP contribution in [0, 0.1) is 0 Å². The van der Waals surface area contributed by atoms with Gasteiger partial charge in [-0.2, -0.15) is 5.10 Å². The maximum Gasteiger partial charge on any atom is 0.261 e. The molecule has 0 atom stereocenters. The Hall–Kier alpha value is -1.60. The lowest BCUT2D eigenvalue weighted by atomic mass is 10.2. The van der Waals surface area contributed by atoms with Crippen molar-refractivity contribution in [2.24, 2.45) is 0 Å². The van der Waals surface area contributed by atoms with Crippen LogP contribution < -0.4 is 4.74 Å². The van der Waals surface area contributed by atoms with Crippen LogP contribution in [0.3, 0.4) is 0 Å². The third-order valence-electron chi connectivity index (χ3n) is 4.05. The van der Waals surface area contributed by atoms with Crippen molar-refractivity contribution in [2.75, 3.05) is 53.0 Å². The molecule has 2 aliphatic heterocycles. The summed E-state index contributed by atoms with van der Waals surface area (Å²) in [4.78, 5) is 16.8. The van der Waals surface area contributed by atoms with Crippen LogP contribution in [0.15, 0.2) is 6.20 Å². The summed E-state index contributed by atoms with van der Waals surface area (Å²) < 4.78 is 12.5. The summed E-state index contributed by atoms with van der Waals surface area (Å²) >= 11 is 0. The molecular weight excluding hydrogens is 272 g/mol. The quantitative estimate of drug-likeness (QED) is 0.786. The second-order valence-corrected chi connectivity index (χ2v) is 5.42. The molecule has 1 saturated heterocycles. The van der Waals surface area contributed by atoms with Gasteiger partial charge in [0.25, 0.3) is 5.91 Å². The van der Waals surface area contributed by atoms with Crippen LogP contribution in [0.1, 0.15) is 16.8 Å². The monoisotopic (exact) mass is 294 g/mol. The van der Waals surface area contributed by atoms with Crippen molar-refractivity contribution in [2.45, 2.75) is 13.0 Å². The van der Waals surface area contributed by atoms with Crippen molar-refractivity contribution >= 4 is 5.91 Å². The van der Waals surface area contributed by atoms with Gasteiger partial charge in [-0.05, 0) is 0 Å². The Bertz CT molecular complexity index is 494. The minimum absolute atomic E-state index is 0.0320. The number of methoxy groups -OCH3 is 1. The van der Waals surface area contributed by atoms with Gasteiger partial charge >= 0.3 is 0 Å². The molecule has 0 unspecified atom stereocenters. The molecule has 3 heterocycles. The van der Waals surface area contributed by atoms with E-state index in [1.165, 1.54) is 0 Å². The standard InChI is InChI=1S/C14H22N4O3/c1-20-10-8-16-4-6-17(7-5-16)13(19)12-11-15-18-3-2-9-21-14(12)18/h11H,2-10H2,1H3. The van der Waals surface area contributed by atoms with Gasteiger partial charge in [-0.15, -0.1) is 0 Å². The molecule has 116 valence electrons. The normalized spacial score (nSPS) is 19.2. The molecule has 1 aromatic rings. The summed E-state index contributed by atoms with van der Waals surface area (Å²) in [5.74, 6) is 0.664. The maximum absolute atomic E-state index is 12.6. The number of fused-ring (bicyclic) bond motifs is 1. The van der Waals surface area contributed by atoms with Crippen molar-refractivity contribution in [3.05, 3.63) is 11.8 Å². The highest BCUT2D eigenvalue weighted by molar-refractivity contribution is 5.96. The molecule has 1 aromatic heterocycles. The molecule has 0 saturated carbocycles. The van der Waals surface area contributed by atoms with Crippen molar-refractivity contribution in [1.29, 1.82) is 0 Å². The van der Waals surface area contributed by atoms with Gasteiger partial charge in [-0.25, -0.2) is 4.68 Å². The van der Waals surface area contributed by atoms with Gasteiger partial charge in [0.15, 0.2) is 0 Å². The number of carbonyl (C=O) groups is 1. The van der Waals surface area contributed by atoms with E-state index in [1.54, 1.807) is 18.0 Å². The van der Waals surface area contributed by atoms with Crippen LogP contribution >= 0.6 is 0 Å². The van der Waals surface area contributed by atoms with Crippen molar-refractivity contribution < 1.29 is 14.3 Å². The van der Waals surface area contributed by atoms with Crippen molar-refractivity contribution in [1.82, 2.24) is 19.6 Å². The SMILES string of the molecule is COCCN1CCN(C(=O)c2cnn3c2OCCC3)CC1. The first-order valence-electron chi connectivity index (χ1n) is 7.49. The molecule has 7 nitrogen and oxygen atoms in total. The topological polar surface area (TPSA) is 59.8 Å². The Morgan fingerprint density at radius 1 is 1.33 bits per heavy atom. The first kappa shape index (κ1) is 14.3. The number of carbonyl (C=O) groups excluding carboxylic acids is 1. The number of aryl methyl sites for hydroxylation is 1. The Morgan fingerprint density at radius 3 is 2.90 bits per heavy atom. The van der Waals surface area contributed by atoms with E-state index in [9.17, 15) is 4.79 Å². The first-order chi connectivity index (χ1) is 10.3. The maximum atomic E-state index is 12.6. The lowest BCUT2D eigenvalue weighted by molar-refractivity contribution is 0.0588. The van der Waals surface area contributed by atoms with Crippen LogP contribution in [0.2, 0.25) is 0 Å². The number of hydrogen-bond donors (Lipinski definition) is 0. The zero-order valence-electron chi connectivity index (χ0n) is 12.5. The van der Waals surface area contributed by atoms with E-state index in [1.807, 2.05) is 4.90 Å². The highest BCUT2D eigenvalue weighted by Crippen LogP contribution is 2.24. The minimum Gasteiger partial charge on any atom is -0.477 e. The van der Waals surface area contributed by atoms with Gasteiger partial charge in [-0.1, -0.05) is 0 Å². The Kier molecular flexibility index (Phi) is 4.40. The fraction of sp³-hybridized carbons (Fsp3) is 0.714. The first-order valence-corrected chi connectivity index (χ1v) is 7.49. The van der Waals surface area contributed by atoms with Gasteiger partial charge in [-0.3, -0.25) is 9.69 Å². The van der Waals surface area contributed by atoms with Crippen LogP contribution in [0.4, 0.5) is 0 Å². The summed E-state index contributed by atoms with van der Waals surface area (Å²) in [5, 5.41) is 4.25. The molecule has 0 radical (unpaired) electrons. The molecule has 7 heteroatoms. The van der Waals surface area contributed by atoms with Crippen LogP contribution in [-0.4, -0.2) is 78.5 Å². The number of piperazine rings is 1. The largest absolute Gasteiger partial charge is 0.477 e. The second kappa shape index (κ2) is 6.44. The smallest absolute Gasteiger partial charge is 0.261 e. The van der Waals surface area contributed by atoms with E-state index in [0.717, 1.165) is 52.3 Å². The van der Waals surface area contributed by atoms with E-state index in [0.29, 0.717) is 18.1 Å². The summed E-state index contributed by atoms with van der Waals surface area (Å²) in [6, 6.07) is 0. The number of rotatable bonds is 4. The highest BCUT2D eigenvalue weighted by atomic mass is 16.5. The number of aromatic nitrogens is 2. The van der Waals surface area contributed by atoms with Crippen LogP contribution in [-0.2, 0) is 11.3 Å². The van der Waals surface area contributed by atoms with Gasteiger partial charge in [0.1, 0.15) is 5.56 Å². The van der Waals surface area contributed by atoms with Crippen LogP contribution in [0.25, 0.3) is 0 Å². The molecule has 0 aliphatic carbocycles. The van der Waals surface area contributed by atoms with Gasteiger partial charge in [0.2, 0.25) is 5.88 Å². The molecule has 3 rings (SSSR count). The average Bonchev–Trinajstić information content (AvgIpc) is 2.97. The third kappa shape index (κ3) is 3.03. The Labute approximate surface area is 124 Å². The molecule has 0 aromatic carbocycles. The summed E-state index contributed by atoms with van der Waals surface area (Å²) in [6.07, 6.45) is 2.58. The zero-order chi connectivity index (χ0) is 14.7. The van der Waals surface area contributed by atoms with Gasteiger partial charge in [0.05, 0.1) is 19.4 Å². The number of ether oxygens (including phenoxy) is 2. The molecule has 21 heavy (non-hydrogen) atoms. The average molecular weight is 294 g/mol. The number of hydrogen-bond acceptors (Lipinski definition) is 5. The summed E-state index contributed by atoms with van der Waals surface area (Å²) in [7, 11) is 1.71. The van der Waals surface area contributed by atoms with Crippen molar-refractivity contribution in [3.8, 4) is 5.88 Å². The highest BCUT2D eigenvalue weighted by Gasteiger charge is 2.27. The lowest BCUT2D eigenvalue weighted by Gasteiger charge is -2.34. The third-order valence-corrected chi connectivity index (χ3v) is 4.05. The molecular formula is C14H22N4O3. The van der Waals surface area contributed by atoms with Gasteiger partial charge in [0, 0.05) is 52.8 Å². The molecule has 0 bridgehead atoms. The van der Waals surface area contributed by atoms with E-state index < -0.39 is 0 Å². The van der Waals surface area contributed by atoms with E-state index in [2.05, 4.69) is 10.00 Å². The lowest BCUT2D eigenvalue weighted by Crippen LogP contribution is -2.49. The summed E-state index contributed by atoms with van der Waals surface area (Å²) in [5.41, 5.74) is 0.597. The molecule has 0 N–H and O–H groups in total. The number of nitrogens with zero attached hydrogens (tertiary/aromatic N) is 4. The molecule has 1 fully saturated rings. The van der Waals surface area contributed by atoms with Crippen LogP contribution in [0.5, 0.6) is 5.88 Å². The van der Waals surface area contributed by atoms with Crippen molar-refractivity contribution in [3.63, 3.8) is 0 Å². The molecule has 1 amide bonds. The molecule has 2 aliphatic rings. The molecule has 0 spiro atoms. The fourth-order valence-corrected chi connectivity index (χ4v) is 2.78. The Balaban J connectivity index is 1.60. The minimum atomic E-state index is 0.0320. The zero-order valence-corrected chi connectivity index (χ0v) is 12.5. The predicted molar refractivity (Wildman–Crippen MR) is 76.6 cm³/mol. The number of amides is 1. The van der Waals surface area contributed by atoms with Gasteiger partial charge < -0.3 is 14.4 Å².